The molecule has 0 bridgehead atoms. The Balaban J connectivity index is 2.16. The van der Waals surface area contributed by atoms with Gasteiger partial charge in [0.1, 0.15) is 6.04 Å². The number of hydrogen-bond donors (Lipinski definition) is 1. The van der Waals surface area contributed by atoms with Gasteiger partial charge in [0.25, 0.3) is 0 Å². The lowest BCUT2D eigenvalue weighted by Gasteiger charge is -2.41. The third-order valence-corrected chi connectivity index (χ3v) is 4.20. The summed E-state index contributed by atoms with van der Waals surface area (Å²) >= 11 is 0. The highest BCUT2D eigenvalue weighted by Gasteiger charge is 2.44. The van der Waals surface area contributed by atoms with E-state index in [1.807, 2.05) is 23.6 Å². The lowest BCUT2D eigenvalue weighted by molar-refractivity contribution is -0.150. The Morgan fingerprint density at radius 1 is 1.32 bits per heavy atom. The van der Waals surface area contributed by atoms with Gasteiger partial charge in [-0.3, -0.25) is 14.5 Å². The lowest BCUT2D eigenvalue weighted by Crippen LogP contribution is -2.58. The smallest absolute Gasteiger partial charge is 0.320 e. The molecule has 5 heteroatoms. The first-order valence-corrected chi connectivity index (χ1v) is 7.24. The number of nitrogens with zero attached hydrogens (tertiary/aromatic N) is 2. The SMILES string of the molecule is CC(C)N1CCCC(N(C2CC2)C(C)C(=O)O)C1=O. The average Bonchev–Trinajstić information content (AvgIpc) is 3.15. The van der Waals surface area contributed by atoms with Crippen molar-refractivity contribution in [2.75, 3.05) is 6.54 Å². The van der Waals surface area contributed by atoms with E-state index in [1.165, 1.54) is 0 Å². The molecule has 0 radical (unpaired) electrons. The second-order valence-corrected chi connectivity index (χ2v) is 5.98. The Bertz CT molecular complexity index is 366. The minimum absolute atomic E-state index is 0.112. The second-order valence-electron chi connectivity index (χ2n) is 5.98. The van der Waals surface area contributed by atoms with Crippen LogP contribution < -0.4 is 0 Å². The Morgan fingerprint density at radius 3 is 2.42 bits per heavy atom. The number of carbonyl (C=O) groups excluding carboxylic acids is 1. The maximum absolute atomic E-state index is 12.6. The molecule has 2 unspecified atom stereocenters. The number of aliphatic carboxylic acids is 1. The van der Waals surface area contributed by atoms with Gasteiger partial charge < -0.3 is 10.0 Å². The van der Waals surface area contributed by atoms with Gasteiger partial charge in [-0.1, -0.05) is 0 Å². The molecule has 0 aromatic heterocycles. The standard InChI is InChI=1S/C14H24N2O3/c1-9(2)15-8-4-5-12(13(15)17)16(11-6-7-11)10(3)14(18)19/h9-12H,4-8H2,1-3H3,(H,18,19). The number of carbonyl (C=O) groups is 2. The van der Waals surface area contributed by atoms with Crippen LogP contribution in [-0.4, -0.2) is 57.5 Å². The molecule has 2 fully saturated rings. The molecule has 0 aromatic carbocycles. The van der Waals surface area contributed by atoms with E-state index in [4.69, 9.17) is 0 Å². The van der Waals surface area contributed by atoms with Crippen molar-refractivity contribution in [2.24, 2.45) is 0 Å². The summed E-state index contributed by atoms with van der Waals surface area (Å²) in [5.41, 5.74) is 0. The van der Waals surface area contributed by atoms with E-state index in [-0.39, 0.29) is 24.0 Å². The molecule has 2 atom stereocenters. The Morgan fingerprint density at radius 2 is 1.95 bits per heavy atom. The number of piperidine rings is 1. The molecule has 1 N–H and O–H groups in total. The monoisotopic (exact) mass is 268 g/mol. The van der Waals surface area contributed by atoms with Crippen molar-refractivity contribution >= 4 is 11.9 Å². The zero-order chi connectivity index (χ0) is 14.2. The normalized spacial score (nSPS) is 26.1. The van der Waals surface area contributed by atoms with Crippen LogP contribution in [0.25, 0.3) is 0 Å². The van der Waals surface area contributed by atoms with Crippen LogP contribution in [0.15, 0.2) is 0 Å². The molecule has 0 aromatic rings. The van der Waals surface area contributed by atoms with Crippen LogP contribution in [0.3, 0.4) is 0 Å². The van der Waals surface area contributed by atoms with Gasteiger partial charge in [-0.25, -0.2) is 0 Å². The van der Waals surface area contributed by atoms with Gasteiger partial charge in [-0.05, 0) is 46.5 Å². The molecule has 2 aliphatic rings. The predicted molar refractivity (Wildman–Crippen MR) is 71.8 cm³/mol. The van der Waals surface area contributed by atoms with E-state index >= 15 is 0 Å². The fourth-order valence-electron chi connectivity index (χ4n) is 3.01. The molecule has 1 aliphatic heterocycles. The molecule has 19 heavy (non-hydrogen) atoms. The second kappa shape index (κ2) is 5.49. The van der Waals surface area contributed by atoms with E-state index in [9.17, 15) is 14.7 Å². The van der Waals surface area contributed by atoms with Gasteiger partial charge in [-0.2, -0.15) is 0 Å². The average molecular weight is 268 g/mol. The summed E-state index contributed by atoms with van der Waals surface area (Å²) in [4.78, 5) is 27.7. The zero-order valence-corrected chi connectivity index (χ0v) is 12.0. The summed E-state index contributed by atoms with van der Waals surface area (Å²) in [6, 6.07) is -0.341. The van der Waals surface area contributed by atoms with Gasteiger partial charge in [0.2, 0.25) is 5.91 Å². The van der Waals surface area contributed by atoms with Crippen molar-refractivity contribution in [1.82, 2.24) is 9.80 Å². The minimum atomic E-state index is -0.832. The number of amides is 1. The highest BCUT2D eigenvalue weighted by atomic mass is 16.4. The molecule has 1 amide bonds. The zero-order valence-electron chi connectivity index (χ0n) is 12.0. The molecule has 1 saturated heterocycles. The van der Waals surface area contributed by atoms with Crippen LogP contribution >= 0.6 is 0 Å². The number of carboxylic acid groups (broad SMARTS) is 1. The Kier molecular flexibility index (Phi) is 4.13. The third-order valence-electron chi connectivity index (χ3n) is 4.20. The number of hydrogen-bond acceptors (Lipinski definition) is 3. The highest BCUT2D eigenvalue weighted by molar-refractivity contribution is 5.84. The summed E-state index contributed by atoms with van der Waals surface area (Å²) in [6.07, 6.45) is 3.78. The fraction of sp³-hybridized carbons (Fsp3) is 0.857. The van der Waals surface area contributed by atoms with Gasteiger partial charge in [0.15, 0.2) is 0 Å². The largest absolute Gasteiger partial charge is 0.480 e. The topological polar surface area (TPSA) is 60.9 Å². The van der Waals surface area contributed by atoms with E-state index in [1.54, 1.807) is 6.92 Å². The molecule has 5 nitrogen and oxygen atoms in total. The van der Waals surface area contributed by atoms with Gasteiger partial charge in [0.05, 0.1) is 6.04 Å². The molecule has 2 rings (SSSR count). The van der Waals surface area contributed by atoms with Gasteiger partial charge in [0, 0.05) is 18.6 Å². The third kappa shape index (κ3) is 2.91. The van der Waals surface area contributed by atoms with Crippen molar-refractivity contribution in [1.29, 1.82) is 0 Å². The summed E-state index contributed by atoms with van der Waals surface area (Å²) in [7, 11) is 0. The number of carboxylic acids is 1. The number of likely N-dealkylation sites (tertiary alicyclic amines) is 1. The first-order chi connectivity index (χ1) is 8.93. The van der Waals surface area contributed by atoms with Gasteiger partial charge in [-0.15, -0.1) is 0 Å². The van der Waals surface area contributed by atoms with E-state index in [2.05, 4.69) is 0 Å². The summed E-state index contributed by atoms with van der Waals surface area (Å²) < 4.78 is 0. The molecule has 1 saturated carbocycles. The van der Waals surface area contributed by atoms with E-state index < -0.39 is 12.0 Å². The van der Waals surface area contributed by atoms with Crippen LogP contribution in [0.1, 0.15) is 46.5 Å². The van der Waals surface area contributed by atoms with Crippen molar-refractivity contribution in [3.05, 3.63) is 0 Å². The van der Waals surface area contributed by atoms with Crippen LogP contribution in [0, 0.1) is 0 Å². The summed E-state index contributed by atoms with van der Waals surface area (Å²) in [5.74, 6) is -0.720. The van der Waals surface area contributed by atoms with Crippen LogP contribution in [0.2, 0.25) is 0 Å². The Hall–Kier alpha value is -1.10. The number of rotatable bonds is 5. The molecule has 108 valence electrons. The van der Waals surface area contributed by atoms with E-state index in [0.29, 0.717) is 0 Å². The lowest BCUT2D eigenvalue weighted by atomic mass is 9.99. The van der Waals surface area contributed by atoms with Crippen LogP contribution in [0.5, 0.6) is 0 Å². The quantitative estimate of drug-likeness (QED) is 0.817. The molecular weight excluding hydrogens is 244 g/mol. The summed E-state index contributed by atoms with van der Waals surface area (Å²) in [5, 5.41) is 9.25. The van der Waals surface area contributed by atoms with Crippen LogP contribution in [0.4, 0.5) is 0 Å². The first-order valence-electron chi connectivity index (χ1n) is 7.24. The first kappa shape index (κ1) is 14.3. The van der Waals surface area contributed by atoms with Crippen LogP contribution in [-0.2, 0) is 9.59 Å². The van der Waals surface area contributed by atoms with Crippen molar-refractivity contribution in [2.45, 2.75) is 70.6 Å². The van der Waals surface area contributed by atoms with Crippen molar-refractivity contribution in [3.63, 3.8) is 0 Å². The maximum Gasteiger partial charge on any atom is 0.320 e. The molecule has 0 spiro atoms. The van der Waals surface area contributed by atoms with Crippen molar-refractivity contribution < 1.29 is 14.7 Å². The predicted octanol–water partition coefficient (Wildman–Crippen LogP) is 1.32. The Labute approximate surface area is 114 Å². The van der Waals surface area contributed by atoms with Gasteiger partial charge >= 0.3 is 5.97 Å². The minimum Gasteiger partial charge on any atom is -0.480 e. The maximum atomic E-state index is 12.6. The van der Waals surface area contributed by atoms with E-state index in [0.717, 1.165) is 32.2 Å². The fourth-order valence-corrected chi connectivity index (χ4v) is 3.01. The van der Waals surface area contributed by atoms with Crippen molar-refractivity contribution in [3.8, 4) is 0 Å². The molecular formula is C14H24N2O3. The highest BCUT2D eigenvalue weighted by Crippen LogP contribution is 2.34. The molecule has 1 aliphatic carbocycles. The molecule has 1 heterocycles. The summed E-state index contributed by atoms with van der Waals surface area (Å²) in [6.45, 7) is 6.53.